The van der Waals surface area contributed by atoms with Crippen molar-refractivity contribution < 1.29 is 14.2 Å². The van der Waals surface area contributed by atoms with Gasteiger partial charge in [0.25, 0.3) is 5.69 Å². The number of nitro benzene ring substituents is 1. The molecule has 0 aliphatic rings. The van der Waals surface area contributed by atoms with Crippen molar-refractivity contribution in [3.05, 3.63) is 63.3 Å². The third-order valence-corrected chi connectivity index (χ3v) is 5.17. The molecule has 0 aliphatic carbocycles. The van der Waals surface area contributed by atoms with Crippen LogP contribution in [0.4, 0.5) is 5.69 Å². The summed E-state index contributed by atoms with van der Waals surface area (Å²) in [6.07, 6.45) is 0.547. The first-order valence-corrected chi connectivity index (χ1v) is 9.20. The van der Waals surface area contributed by atoms with Crippen LogP contribution >= 0.6 is 11.3 Å². The molecule has 27 heavy (non-hydrogen) atoms. The summed E-state index contributed by atoms with van der Waals surface area (Å²) < 4.78 is 5.21. The zero-order valence-electron chi connectivity index (χ0n) is 14.9. The minimum atomic E-state index is -0.446. The van der Waals surface area contributed by atoms with Crippen LogP contribution in [0.15, 0.2) is 46.3 Å². The summed E-state index contributed by atoms with van der Waals surface area (Å²) >= 11 is 1.52. The molecule has 2 heterocycles. The van der Waals surface area contributed by atoms with Crippen molar-refractivity contribution in [1.29, 1.82) is 0 Å². The summed E-state index contributed by atoms with van der Waals surface area (Å²) in [5.74, 6) is 0.818. The van der Waals surface area contributed by atoms with Crippen molar-refractivity contribution in [1.82, 2.24) is 15.0 Å². The van der Waals surface area contributed by atoms with Gasteiger partial charge in [-0.25, -0.2) is 0 Å². The van der Waals surface area contributed by atoms with E-state index >= 15 is 0 Å². The van der Waals surface area contributed by atoms with Gasteiger partial charge < -0.3 is 9.42 Å². The Labute approximate surface area is 159 Å². The highest BCUT2D eigenvalue weighted by atomic mass is 32.1. The average Bonchev–Trinajstić information content (AvgIpc) is 3.36. The highest BCUT2D eigenvalue weighted by Gasteiger charge is 2.20. The topological polar surface area (TPSA) is 102 Å². The van der Waals surface area contributed by atoms with E-state index in [2.05, 4.69) is 10.1 Å². The first kappa shape index (κ1) is 18.7. The lowest BCUT2D eigenvalue weighted by Crippen LogP contribution is -2.29. The number of aryl methyl sites for hydroxylation is 1. The van der Waals surface area contributed by atoms with E-state index in [4.69, 9.17) is 4.52 Å². The number of rotatable bonds is 7. The minimum absolute atomic E-state index is 0.00663. The Balaban J connectivity index is 1.60. The molecule has 1 atom stereocenters. The molecule has 140 valence electrons. The minimum Gasteiger partial charge on any atom is -0.339 e. The van der Waals surface area contributed by atoms with Crippen LogP contribution in [0.2, 0.25) is 0 Å². The highest BCUT2D eigenvalue weighted by molar-refractivity contribution is 7.13. The molecule has 0 fully saturated rings. The number of amides is 1. The summed E-state index contributed by atoms with van der Waals surface area (Å²) in [7, 11) is 1.68. The summed E-state index contributed by atoms with van der Waals surface area (Å²) in [5.41, 5.74) is 0.713. The second-order valence-corrected chi connectivity index (χ2v) is 6.97. The Kier molecular flexibility index (Phi) is 5.60. The number of aromatic nitrogens is 2. The van der Waals surface area contributed by atoms with E-state index in [1.165, 1.54) is 23.5 Å². The molecule has 9 heteroatoms. The normalized spacial score (nSPS) is 11.9. The number of hydrogen-bond acceptors (Lipinski definition) is 7. The van der Waals surface area contributed by atoms with Crippen LogP contribution in [0.5, 0.6) is 0 Å². The van der Waals surface area contributed by atoms with Gasteiger partial charge in [0.05, 0.1) is 15.8 Å². The molecule has 0 unspecified atom stereocenters. The Morgan fingerprint density at radius 3 is 2.89 bits per heavy atom. The molecule has 1 amide bonds. The largest absolute Gasteiger partial charge is 0.339 e. The van der Waals surface area contributed by atoms with Crippen molar-refractivity contribution >= 4 is 22.9 Å². The van der Waals surface area contributed by atoms with E-state index in [0.29, 0.717) is 23.7 Å². The molecular formula is C18H18N4O4S. The lowest BCUT2D eigenvalue weighted by atomic mass is 10.1. The quantitative estimate of drug-likeness (QED) is 0.451. The van der Waals surface area contributed by atoms with Crippen molar-refractivity contribution in [3.63, 3.8) is 0 Å². The van der Waals surface area contributed by atoms with Gasteiger partial charge in [0.2, 0.25) is 17.6 Å². The number of thiophene rings is 1. The maximum absolute atomic E-state index is 12.5. The molecule has 3 rings (SSSR count). The van der Waals surface area contributed by atoms with E-state index < -0.39 is 4.92 Å². The molecule has 1 aromatic carbocycles. The number of nitrogens with zero attached hydrogens (tertiary/aromatic N) is 4. The molecule has 0 saturated heterocycles. The molecule has 0 N–H and O–H groups in total. The van der Waals surface area contributed by atoms with Crippen molar-refractivity contribution in [2.24, 2.45) is 0 Å². The van der Waals surface area contributed by atoms with Gasteiger partial charge in [0.15, 0.2) is 0 Å². The Morgan fingerprint density at radius 2 is 2.19 bits per heavy atom. The van der Waals surface area contributed by atoms with E-state index in [0.717, 1.165) is 4.88 Å². The van der Waals surface area contributed by atoms with Crippen LogP contribution in [-0.4, -0.2) is 32.9 Å². The zero-order chi connectivity index (χ0) is 19.4. The third-order valence-electron chi connectivity index (χ3n) is 4.30. The van der Waals surface area contributed by atoms with E-state index in [-0.39, 0.29) is 24.1 Å². The van der Waals surface area contributed by atoms with Crippen LogP contribution in [0.1, 0.15) is 30.8 Å². The maximum Gasteiger partial charge on any atom is 0.269 e. The van der Waals surface area contributed by atoms with Crippen molar-refractivity contribution in [2.75, 3.05) is 7.05 Å². The highest BCUT2D eigenvalue weighted by Crippen LogP contribution is 2.24. The molecule has 0 bridgehead atoms. The number of hydrogen-bond donors (Lipinski definition) is 0. The molecule has 0 radical (unpaired) electrons. The summed E-state index contributed by atoms with van der Waals surface area (Å²) in [5, 5.41) is 16.8. The second kappa shape index (κ2) is 8.09. The number of benzene rings is 1. The van der Waals surface area contributed by atoms with Gasteiger partial charge in [0.1, 0.15) is 0 Å². The predicted molar refractivity (Wildman–Crippen MR) is 100 cm³/mol. The van der Waals surface area contributed by atoms with Gasteiger partial charge in [-0.3, -0.25) is 14.9 Å². The van der Waals surface area contributed by atoms with Gasteiger partial charge in [-0.2, -0.15) is 4.98 Å². The summed E-state index contributed by atoms with van der Waals surface area (Å²) in [6, 6.07) is 9.82. The standard InChI is InChI=1S/C18H18N4O4S/c1-12(13-5-3-6-14(11-13)22(24)25)21(2)17(23)9-8-16-19-18(20-26-16)15-7-4-10-27-15/h3-7,10-12H,8-9H2,1-2H3/t12-/m1/s1. The molecule has 2 aromatic heterocycles. The SMILES string of the molecule is C[C@H](c1cccc([N+](=O)[O-])c1)N(C)C(=O)CCc1nc(-c2cccs2)no1. The molecule has 0 aliphatic heterocycles. The van der Waals surface area contributed by atoms with Gasteiger partial charge >= 0.3 is 0 Å². The Hall–Kier alpha value is -3.07. The van der Waals surface area contributed by atoms with Gasteiger partial charge in [-0.1, -0.05) is 23.4 Å². The smallest absolute Gasteiger partial charge is 0.269 e. The average molecular weight is 386 g/mol. The first-order chi connectivity index (χ1) is 13.0. The number of carbonyl (C=O) groups excluding carboxylic acids is 1. The fourth-order valence-corrected chi connectivity index (χ4v) is 3.24. The third kappa shape index (κ3) is 4.37. The van der Waals surface area contributed by atoms with Crippen LogP contribution in [0.3, 0.4) is 0 Å². The Morgan fingerprint density at radius 1 is 1.37 bits per heavy atom. The monoisotopic (exact) mass is 386 g/mol. The fourth-order valence-electron chi connectivity index (χ4n) is 2.59. The summed E-state index contributed by atoms with van der Waals surface area (Å²) in [4.78, 5) is 29.8. The molecule has 0 saturated carbocycles. The number of nitro groups is 1. The van der Waals surface area contributed by atoms with Gasteiger partial charge in [0, 0.05) is 32.0 Å². The van der Waals surface area contributed by atoms with Gasteiger partial charge in [-0.05, 0) is 23.9 Å². The molecule has 0 spiro atoms. The first-order valence-electron chi connectivity index (χ1n) is 8.32. The fraction of sp³-hybridized carbons (Fsp3) is 0.278. The summed E-state index contributed by atoms with van der Waals surface area (Å²) in [6.45, 7) is 1.83. The second-order valence-electron chi connectivity index (χ2n) is 6.02. The van der Waals surface area contributed by atoms with Crippen molar-refractivity contribution in [2.45, 2.75) is 25.8 Å². The molecule has 8 nitrogen and oxygen atoms in total. The van der Waals surface area contributed by atoms with E-state index in [1.807, 2.05) is 24.4 Å². The number of non-ortho nitro benzene ring substituents is 1. The van der Waals surface area contributed by atoms with Gasteiger partial charge in [-0.15, -0.1) is 11.3 Å². The van der Waals surface area contributed by atoms with Crippen LogP contribution < -0.4 is 0 Å². The molecule has 3 aromatic rings. The molecular weight excluding hydrogens is 368 g/mol. The predicted octanol–water partition coefficient (Wildman–Crippen LogP) is 3.86. The zero-order valence-corrected chi connectivity index (χ0v) is 15.7. The van der Waals surface area contributed by atoms with Crippen LogP contribution in [-0.2, 0) is 11.2 Å². The van der Waals surface area contributed by atoms with E-state index in [1.54, 1.807) is 24.1 Å². The van der Waals surface area contributed by atoms with Crippen molar-refractivity contribution in [3.8, 4) is 10.7 Å². The van der Waals surface area contributed by atoms with Crippen LogP contribution in [0, 0.1) is 10.1 Å². The lowest BCUT2D eigenvalue weighted by Gasteiger charge is -2.25. The number of carbonyl (C=O) groups is 1. The van der Waals surface area contributed by atoms with Crippen LogP contribution in [0.25, 0.3) is 10.7 Å². The maximum atomic E-state index is 12.5. The Bertz CT molecular complexity index is 939. The van der Waals surface area contributed by atoms with E-state index in [9.17, 15) is 14.9 Å². The lowest BCUT2D eigenvalue weighted by molar-refractivity contribution is -0.384.